The van der Waals surface area contributed by atoms with Gasteiger partial charge in [0.05, 0.1) is 20.3 Å². The summed E-state index contributed by atoms with van der Waals surface area (Å²) >= 11 is 19.1. The number of carbonyl (C=O) groups excluding carboxylic acids is 1. The zero-order valence-corrected chi connectivity index (χ0v) is 14.6. The molecule has 116 valence electrons. The number of hydrogen-bond donors (Lipinski definition) is 1. The first-order valence-corrected chi connectivity index (χ1v) is 8.46. The predicted molar refractivity (Wildman–Crippen MR) is 98.8 cm³/mol. The van der Waals surface area contributed by atoms with E-state index in [1.807, 2.05) is 12.1 Å². The molecule has 3 aromatic rings. The SMILES string of the molecule is O=C(C=Cc1ccc(Cl)c(Cl)c1)Nc1nc2ccc(Cl)cc2s1. The Bertz CT molecular complexity index is 921. The fraction of sp³-hybridized carbons (Fsp3) is 0. The lowest BCUT2D eigenvalue weighted by atomic mass is 10.2. The van der Waals surface area contributed by atoms with Gasteiger partial charge < -0.3 is 0 Å². The first-order chi connectivity index (χ1) is 11.0. The summed E-state index contributed by atoms with van der Waals surface area (Å²) in [7, 11) is 0. The second kappa shape index (κ2) is 6.89. The topological polar surface area (TPSA) is 42.0 Å². The number of thiazole rings is 1. The molecule has 0 aliphatic rings. The number of carbonyl (C=O) groups is 1. The quantitative estimate of drug-likeness (QED) is 0.571. The standard InChI is InChI=1S/C16H9Cl3N2OS/c17-10-3-5-13-14(8-10)23-16(20-13)21-15(22)6-2-9-1-4-11(18)12(19)7-9/h1-8H,(H,20,21,22). The molecule has 0 saturated heterocycles. The van der Waals surface area contributed by atoms with E-state index in [0.29, 0.717) is 20.2 Å². The van der Waals surface area contributed by atoms with Crippen molar-refractivity contribution in [2.45, 2.75) is 0 Å². The Hall–Kier alpha value is -1.59. The van der Waals surface area contributed by atoms with E-state index in [2.05, 4.69) is 10.3 Å². The molecule has 1 N–H and O–H groups in total. The van der Waals surface area contributed by atoms with Crippen LogP contribution in [0.25, 0.3) is 16.3 Å². The normalized spacial score (nSPS) is 11.3. The molecule has 2 aromatic carbocycles. The maximum Gasteiger partial charge on any atom is 0.250 e. The Morgan fingerprint density at radius 3 is 2.70 bits per heavy atom. The molecule has 3 nitrogen and oxygen atoms in total. The summed E-state index contributed by atoms with van der Waals surface area (Å²) in [5.41, 5.74) is 1.58. The minimum atomic E-state index is -0.277. The number of fused-ring (bicyclic) bond motifs is 1. The Morgan fingerprint density at radius 2 is 1.91 bits per heavy atom. The van der Waals surface area contributed by atoms with Crippen molar-refractivity contribution in [1.29, 1.82) is 0 Å². The molecule has 1 aromatic heterocycles. The highest BCUT2D eigenvalue weighted by Gasteiger charge is 2.06. The van der Waals surface area contributed by atoms with Crippen LogP contribution in [0, 0.1) is 0 Å². The molecule has 0 spiro atoms. The maximum atomic E-state index is 12.0. The molecule has 0 saturated carbocycles. The second-order valence-electron chi connectivity index (χ2n) is 4.63. The number of halogens is 3. The van der Waals surface area contributed by atoms with Gasteiger partial charge in [-0.2, -0.15) is 0 Å². The van der Waals surface area contributed by atoms with Gasteiger partial charge in [0.2, 0.25) is 5.91 Å². The Kier molecular flexibility index (Phi) is 4.87. The molecule has 1 heterocycles. The summed E-state index contributed by atoms with van der Waals surface area (Å²) in [6, 6.07) is 10.5. The van der Waals surface area contributed by atoms with Gasteiger partial charge in [-0.05, 0) is 42.0 Å². The lowest BCUT2D eigenvalue weighted by Crippen LogP contribution is -2.07. The van der Waals surface area contributed by atoms with Crippen LogP contribution in [0.1, 0.15) is 5.56 Å². The van der Waals surface area contributed by atoms with Crippen molar-refractivity contribution >= 4 is 73.5 Å². The van der Waals surface area contributed by atoms with Crippen molar-refractivity contribution in [3.05, 3.63) is 63.1 Å². The van der Waals surface area contributed by atoms with Gasteiger partial charge in [0.15, 0.2) is 5.13 Å². The number of hydrogen-bond acceptors (Lipinski definition) is 3. The van der Waals surface area contributed by atoms with Crippen LogP contribution in [0.5, 0.6) is 0 Å². The average Bonchev–Trinajstić information content (AvgIpc) is 2.89. The fourth-order valence-electron chi connectivity index (χ4n) is 1.89. The molecule has 0 unspecified atom stereocenters. The Labute approximate surface area is 151 Å². The molecule has 0 aliphatic heterocycles. The van der Waals surface area contributed by atoms with Gasteiger partial charge in [0.25, 0.3) is 0 Å². The molecule has 0 atom stereocenters. The van der Waals surface area contributed by atoms with Gasteiger partial charge in [-0.1, -0.05) is 52.2 Å². The number of benzene rings is 2. The summed E-state index contributed by atoms with van der Waals surface area (Å²) in [6.45, 7) is 0. The molecule has 0 radical (unpaired) electrons. The molecule has 1 amide bonds. The third-order valence-corrected chi connectivity index (χ3v) is 4.86. The maximum absolute atomic E-state index is 12.0. The van der Waals surface area contributed by atoms with Crippen molar-refractivity contribution in [3.63, 3.8) is 0 Å². The van der Waals surface area contributed by atoms with Gasteiger partial charge in [-0.25, -0.2) is 4.98 Å². The van der Waals surface area contributed by atoms with E-state index in [1.54, 1.807) is 30.3 Å². The van der Waals surface area contributed by atoms with E-state index in [0.717, 1.165) is 15.8 Å². The predicted octanol–water partition coefficient (Wildman–Crippen LogP) is 5.91. The Balaban J connectivity index is 1.72. The highest BCUT2D eigenvalue weighted by atomic mass is 35.5. The summed E-state index contributed by atoms with van der Waals surface area (Å²) in [4.78, 5) is 16.3. The molecule has 7 heteroatoms. The third kappa shape index (κ3) is 4.03. The Morgan fingerprint density at radius 1 is 1.09 bits per heavy atom. The highest BCUT2D eigenvalue weighted by Crippen LogP contribution is 2.28. The van der Waals surface area contributed by atoms with Crippen LogP contribution in [-0.2, 0) is 4.79 Å². The van der Waals surface area contributed by atoms with Crippen molar-refractivity contribution in [3.8, 4) is 0 Å². The summed E-state index contributed by atoms with van der Waals surface area (Å²) in [6.07, 6.45) is 3.07. The molecule has 3 rings (SSSR count). The van der Waals surface area contributed by atoms with Gasteiger partial charge in [0.1, 0.15) is 0 Å². The third-order valence-electron chi connectivity index (χ3n) is 2.95. The number of nitrogens with zero attached hydrogens (tertiary/aromatic N) is 1. The largest absolute Gasteiger partial charge is 0.298 e. The van der Waals surface area contributed by atoms with Gasteiger partial charge >= 0.3 is 0 Å². The van der Waals surface area contributed by atoms with Crippen molar-refractivity contribution < 1.29 is 4.79 Å². The average molecular weight is 384 g/mol. The summed E-state index contributed by atoms with van der Waals surface area (Å²) in [5.74, 6) is -0.277. The number of amides is 1. The lowest BCUT2D eigenvalue weighted by molar-refractivity contribution is -0.111. The van der Waals surface area contributed by atoms with Crippen LogP contribution >= 0.6 is 46.1 Å². The smallest absolute Gasteiger partial charge is 0.250 e. The molecular weight excluding hydrogens is 375 g/mol. The molecule has 0 bridgehead atoms. The highest BCUT2D eigenvalue weighted by molar-refractivity contribution is 7.22. The first-order valence-electron chi connectivity index (χ1n) is 6.51. The number of rotatable bonds is 3. The number of nitrogens with one attached hydrogen (secondary N) is 1. The fourth-order valence-corrected chi connectivity index (χ4v) is 3.34. The molecule has 0 aliphatic carbocycles. The van der Waals surface area contributed by atoms with Gasteiger partial charge in [-0.3, -0.25) is 10.1 Å². The van der Waals surface area contributed by atoms with E-state index in [4.69, 9.17) is 34.8 Å². The van der Waals surface area contributed by atoms with Crippen LogP contribution in [0.15, 0.2) is 42.5 Å². The zero-order valence-electron chi connectivity index (χ0n) is 11.5. The zero-order chi connectivity index (χ0) is 16.4. The monoisotopic (exact) mass is 382 g/mol. The van der Waals surface area contributed by atoms with E-state index < -0.39 is 0 Å². The molecule has 0 fully saturated rings. The van der Waals surface area contributed by atoms with Crippen LogP contribution < -0.4 is 5.32 Å². The van der Waals surface area contributed by atoms with Crippen LogP contribution in [-0.4, -0.2) is 10.9 Å². The van der Waals surface area contributed by atoms with Crippen molar-refractivity contribution in [2.75, 3.05) is 5.32 Å². The van der Waals surface area contributed by atoms with Crippen LogP contribution in [0.4, 0.5) is 5.13 Å². The van der Waals surface area contributed by atoms with Crippen LogP contribution in [0.2, 0.25) is 15.1 Å². The van der Waals surface area contributed by atoms with Crippen molar-refractivity contribution in [2.24, 2.45) is 0 Å². The van der Waals surface area contributed by atoms with E-state index in [-0.39, 0.29) is 5.91 Å². The lowest BCUT2D eigenvalue weighted by Gasteiger charge is -1.98. The second-order valence-corrected chi connectivity index (χ2v) is 6.91. The summed E-state index contributed by atoms with van der Waals surface area (Å²) < 4.78 is 0.918. The first kappa shape index (κ1) is 16.3. The molecular formula is C16H9Cl3N2OS. The van der Waals surface area contributed by atoms with E-state index in [1.165, 1.54) is 17.4 Å². The van der Waals surface area contributed by atoms with Crippen molar-refractivity contribution in [1.82, 2.24) is 4.98 Å². The molecule has 23 heavy (non-hydrogen) atoms. The van der Waals surface area contributed by atoms with Gasteiger partial charge in [0, 0.05) is 11.1 Å². The van der Waals surface area contributed by atoms with E-state index in [9.17, 15) is 4.79 Å². The number of aromatic nitrogens is 1. The minimum Gasteiger partial charge on any atom is -0.298 e. The number of anilines is 1. The summed E-state index contributed by atoms with van der Waals surface area (Å²) in [5, 5.41) is 4.80. The van der Waals surface area contributed by atoms with E-state index >= 15 is 0 Å². The van der Waals surface area contributed by atoms with Crippen LogP contribution in [0.3, 0.4) is 0 Å². The van der Waals surface area contributed by atoms with Gasteiger partial charge in [-0.15, -0.1) is 0 Å². The minimum absolute atomic E-state index is 0.277.